The van der Waals surface area contributed by atoms with Crippen LogP contribution in [0.1, 0.15) is 11.1 Å². The molecule has 1 aromatic rings. The highest BCUT2D eigenvalue weighted by molar-refractivity contribution is 9.10. The number of halogens is 4. The van der Waals surface area contributed by atoms with Crippen LogP contribution in [-0.2, 0) is 17.6 Å². The molecule has 1 unspecified atom stereocenters. The summed E-state index contributed by atoms with van der Waals surface area (Å²) >= 11 is 3.41. The topological polar surface area (TPSA) is 44.5 Å². The molecular weight excluding hydrogens is 339 g/mol. The summed E-state index contributed by atoms with van der Waals surface area (Å²) in [6.07, 6.45) is -3.07. The second kappa shape index (κ2) is 6.32. The molecule has 2 rings (SSSR count). The van der Waals surface area contributed by atoms with Gasteiger partial charge in [-0.15, -0.1) is 0 Å². The molecule has 0 radical (unpaired) electrons. The van der Waals surface area contributed by atoms with Crippen molar-refractivity contribution < 1.29 is 22.6 Å². The van der Waals surface area contributed by atoms with Crippen LogP contribution in [0.15, 0.2) is 16.6 Å². The smallest absolute Gasteiger partial charge is 0.411 e. The molecular formula is C13H15BrF3NO2. The second-order valence-electron chi connectivity index (χ2n) is 4.75. The summed E-state index contributed by atoms with van der Waals surface area (Å²) in [5.41, 5.74) is 7.81. The highest BCUT2D eigenvalue weighted by atomic mass is 79.9. The van der Waals surface area contributed by atoms with Crippen molar-refractivity contribution in [2.24, 2.45) is 5.73 Å². The fourth-order valence-electron chi connectivity index (χ4n) is 2.17. The van der Waals surface area contributed by atoms with Gasteiger partial charge >= 0.3 is 6.18 Å². The summed E-state index contributed by atoms with van der Waals surface area (Å²) in [7, 11) is 0. The monoisotopic (exact) mass is 353 g/mol. The van der Waals surface area contributed by atoms with E-state index in [-0.39, 0.29) is 6.61 Å². The van der Waals surface area contributed by atoms with Crippen molar-refractivity contribution in [2.45, 2.75) is 25.1 Å². The van der Waals surface area contributed by atoms with Crippen LogP contribution in [-0.4, -0.2) is 32.0 Å². The average Bonchev–Trinajstić information content (AvgIpc) is 2.74. The van der Waals surface area contributed by atoms with E-state index in [1.54, 1.807) is 0 Å². The maximum atomic E-state index is 12.0. The van der Waals surface area contributed by atoms with Crippen molar-refractivity contribution in [3.05, 3.63) is 27.7 Å². The number of rotatable bonds is 5. The van der Waals surface area contributed by atoms with Crippen LogP contribution in [0.5, 0.6) is 5.75 Å². The average molecular weight is 354 g/mol. The Morgan fingerprint density at radius 1 is 1.40 bits per heavy atom. The van der Waals surface area contributed by atoms with Crippen LogP contribution in [0, 0.1) is 0 Å². The van der Waals surface area contributed by atoms with E-state index in [1.807, 2.05) is 12.1 Å². The van der Waals surface area contributed by atoms with Crippen LogP contribution in [0.4, 0.5) is 13.2 Å². The van der Waals surface area contributed by atoms with Gasteiger partial charge in [0.2, 0.25) is 0 Å². The van der Waals surface area contributed by atoms with Gasteiger partial charge in [-0.2, -0.15) is 13.2 Å². The fourth-order valence-corrected chi connectivity index (χ4v) is 2.72. The highest BCUT2D eigenvalue weighted by Gasteiger charge is 2.28. The summed E-state index contributed by atoms with van der Waals surface area (Å²) in [6.45, 7) is -0.785. The Morgan fingerprint density at radius 2 is 2.15 bits per heavy atom. The molecule has 112 valence electrons. The predicted octanol–water partition coefficient (Wildman–Crippen LogP) is 2.83. The van der Waals surface area contributed by atoms with Gasteiger partial charge in [-0.1, -0.05) is 15.9 Å². The number of hydrogen-bond donors (Lipinski definition) is 1. The van der Waals surface area contributed by atoms with Crippen LogP contribution < -0.4 is 10.5 Å². The van der Waals surface area contributed by atoms with Crippen LogP contribution >= 0.6 is 15.9 Å². The third kappa shape index (κ3) is 4.36. The van der Waals surface area contributed by atoms with Crippen LogP contribution in [0.3, 0.4) is 0 Å². The predicted molar refractivity (Wildman–Crippen MR) is 71.9 cm³/mol. The summed E-state index contributed by atoms with van der Waals surface area (Å²) in [4.78, 5) is 0. The second-order valence-corrected chi connectivity index (χ2v) is 5.66. The zero-order chi connectivity index (χ0) is 14.8. The molecule has 1 heterocycles. The first-order chi connectivity index (χ1) is 9.35. The van der Waals surface area contributed by atoms with Gasteiger partial charge in [0, 0.05) is 16.9 Å². The normalized spacial score (nSPS) is 15.8. The number of benzene rings is 1. The third-order valence-electron chi connectivity index (χ3n) is 2.91. The first-order valence-electron chi connectivity index (χ1n) is 6.19. The van der Waals surface area contributed by atoms with Crippen molar-refractivity contribution in [1.82, 2.24) is 0 Å². The largest absolute Gasteiger partial charge is 0.493 e. The maximum Gasteiger partial charge on any atom is 0.411 e. The molecule has 0 aromatic heterocycles. The van der Waals surface area contributed by atoms with E-state index in [0.29, 0.717) is 13.0 Å². The van der Waals surface area contributed by atoms with Gasteiger partial charge in [-0.25, -0.2) is 0 Å². The van der Waals surface area contributed by atoms with Crippen molar-refractivity contribution in [1.29, 1.82) is 0 Å². The molecule has 7 heteroatoms. The Balaban J connectivity index is 1.93. The zero-order valence-corrected chi connectivity index (χ0v) is 12.3. The van der Waals surface area contributed by atoms with E-state index < -0.39 is 18.8 Å². The lowest BCUT2D eigenvalue weighted by molar-refractivity contribution is -0.174. The van der Waals surface area contributed by atoms with Crippen molar-refractivity contribution in [3.8, 4) is 5.75 Å². The van der Waals surface area contributed by atoms with E-state index >= 15 is 0 Å². The SMILES string of the molecule is NC(COCC(F)(F)F)Cc1cc(Br)cc2c1OCC2. The van der Waals surface area contributed by atoms with Gasteiger partial charge < -0.3 is 15.2 Å². The lowest BCUT2D eigenvalue weighted by Crippen LogP contribution is -2.31. The summed E-state index contributed by atoms with van der Waals surface area (Å²) in [5, 5.41) is 0. The van der Waals surface area contributed by atoms with Crippen LogP contribution in [0.25, 0.3) is 0 Å². The molecule has 1 aliphatic rings. The lowest BCUT2D eigenvalue weighted by Gasteiger charge is -2.15. The van der Waals surface area contributed by atoms with Gasteiger partial charge in [0.25, 0.3) is 0 Å². The van der Waals surface area contributed by atoms with Crippen LogP contribution in [0.2, 0.25) is 0 Å². The van der Waals surface area contributed by atoms with Crippen molar-refractivity contribution >= 4 is 15.9 Å². The Morgan fingerprint density at radius 3 is 2.85 bits per heavy atom. The molecule has 1 aliphatic heterocycles. The van der Waals surface area contributed by atoms with E-state index in [9.17, 15) is 13.2 Å². The lowest BCUT2D eigenvalue weighted by atomic mass is 10.0. The molecule has 0 aliphatic carbocycles. The molecule has 0 amide bonds. The molecule has 0 saturated heterocycles. The number of fused-ring (bicyclic) bond motifs is 1. The molecule has 1 atom stereocenters. The van der Waals surface area contributed by atoms with E-state index in [0.717, 1.165) is 27.8 Å². The molecule has 0 saturated carbocycles. The maximum absolute atomic E-state index is 12.0. The Bertz CT molecular complexity index is 479. The Hall–Kier alpha value is -0.790. The number of nitrogens with two attached hydrogens (primary N) is 1. The fraction of sp³-hybridized carbons (Fsp3) is 0.538. The minimum Gasteiger partial charge on any atom is -0.493 e. The van der Waals surface area contributed by atoms with Crippen molar-refractivity contribution in [2.75, 3.05) is 19.8 Å². The summed E-state index contributed by atoms with van der Waals surface area (Å²) in [6, 6.07) is 3.37. The highest BCUT2D eigenvalue weighted by Crippen LogP contribution is 2.33. The van der Waals surface area contributed by atoms with Gasteiger partial charge in [0.1, 0.15) is 12.4 Å². The quantitative estimate of drug-likeness (QED) is 0.885. The molecule has 2 N–H and O–H groups in total. The number of ether oxygens (including phenoxy) is 2. The molecule has 1 aromatic carbocycles. The van der Waals surface area contributed by atoms with Gasteiger partial charge in [-0.05, 0) is 29.7 Å². The summed E-state index contributed by atoms with van der Waals surface area (Å²) < 4.78 is 47.0. The van der Waals surface area contributed by atoms with Gasteiger partial charge in [0.05, 0.1) is 13.2 Å². The standard InChI is InChI=1S/C13H15BrF3NO2/c14-10-3-8-1-2-20-12(8)9(4-10)5-11(18)6-19-7-13(15,16)17/h3-4,11H,1-2,5-7,18H2. The minimum atomic E-state index is -4.32. The number of alkyl halides is 3. The third-order valence-corrected chi connectivity index (χ3v) is 3.36. The summed E-state index contributed by atoms with van der Waals surface area (Å²) in [5.74, 6) is 0.805. The Labute approximate surface area is 123 Å². The first-order valence-corrected chi connectivity index (χ1v) is 6.98. The Kier molecular flexibility index (Phi) is 4.93. The minimum absolute atomic E-state index is 0.138. The van der Waals surface area contributed by atoms with E-state index in [1.165, 1.54) is 0 Å². The molecule has 0 bridgehead atoms. The molecule has 0 fully saturated rings. The van der Waals surface area contributed by atoms with Gasteiger partial charge in [-0.3, -0.25) is 0 Å². The molecule has 3 nitrogen and oxygen atoms in total. The number of hydrogen-bond acceptors (Lipinski definition) is 3. The van der Waals surface area contributed by atoms with E-state index in [4.69, 9.17) is 10.5 Å². The van der Waals surface area contributed by atoms with Gasteiger partial charge in [0.15, 0.2) is 0 Å². The molecule has 20 heavy (non-hydrogen) atoms. The zero-order valence-electron chi connectivity index (χ0n) is 10.7. The van der Waals surface area contributed by atoms with E-state index in [2.05, 4.69) is 20.7 Å². The first kappa shape index (κ1) is 15.6. The van der Waals surface area contributed by atoms with Crippen molar-refractivity contribution in [3.63, 3.8) is 0 Å². The molecule has 0 spiro atoms.